The lowest BCUT2D eigenvalue weighted by atomic mass is 10.2. The Hall–Kier alpha value is -0.870. The lowest BCUT2D eigenvalue weighted by Gasteiger charge is -2.13. The smallest absolute Gasteiger partial charge is 0.0813 e. The van der Waals surface area contributed by atoms with Crippen molar-refractivity contribution in [2.24, 2.45) is 0 Å². The maximum atomic E-state index is 4.75. The predicted molar refractivity (Wildman–Crippen MR) is 65.2 cm³/mol. The van der Waals surface area contributed by atoms with Crippen LogP contribution in [0.5, 0.6) is 0 Å². The molecule has 16 heavy (non-hydrogen) atoms. The molecule has 0 atom stereocenters. The number of hydrogen-bond acceptors (Lipinski definition) is 3. The van der Waals surface area contributed by atoms with E-state index in [1.54, 1.807) is 0 Å². The lowest BCUT2D eigenvalue weighted by molar-refractivity contribution is 0.329. The van der Waals surface area contributed by atoms with Gasteiger partial charge < -0.3 is 4.90 Å². The van der Waals surface area contributed by atoms with Crippen molar-refractivity contribution in [3.8, 4) is 0 Å². The standard InChI is InChI=1S/C12H22N4/c1-9(2)16-12-8-15(5)6-10(12)11(13-16)7-14(3)4/h9H,6-8H2,1-5H3. The first-order chi connectivity index (χ1) is 7.49. The van der Waals surface area contributed by atoms with E-state index in [-0.39, 0.29) is 0 Å². The summed E-state index contributed by atoms with van der Waals surface area (Å²) in [6.07, 6.45) is 0. The molecular formula is C12H22N4. The monoisotopic (exact) mass is 222 g/mol. The summed E-state index contributed by atoms with van der Waals surface area (Å²) in [5.41, 5.74) is 4.11. The van der Waals surface area contributed by atoms with Gasteiger partial charge in [-0.1, -0.05) is 0 Å². The lowest BCUT2D eigenvalue weighted by Crippen LogP contribution is -2.16. The molecule has 4 nitrogen and oxygen atoms in total. The molecule has 1 aromatic rings. The van der Waals surface area contributed by atoms with Crippen LogP contribution >= 0.6 is 0 Å². The van der Waals surface area contributed by atoms with Gasteiger partial charge in [0.05, 0.1) is 11.4 Å². The highest BCUT2D eigenvalue weighted by Gasteiger charge is 2.26. The predicted octanol–water partition coefficient (Wildman–Crippen LogP) is 1.47. The van der Waals surface area contributed by atoms with Crippen molar-refractivity contribution in [1.82, 2.24) is 19.6 Å². The van der Waals surface area contributed by atoms with Crippen LogP contribution < -0.4 is 0 Å². The summed E-state index contributed by atoms with van der Waals surface area (Å²) in [6.45, 7) is 7.42. The van der Waals surface area contributed by atoms with Crippen LogP contribution in [0.2, 0.25) is 0 Å². The zero-order valence-corrected chi connectivity index (χ0v) is 11.0. The molecule has 0 radical (unpaired) electrons. The summed E-state index contributed by atoms with van der Waals surface area (Å²) in [4.78, 5) is 4.54. The summed E-state index contributed by atoms with van der Waals surface area (Å²) < 4.78 is 2.19. The maximum Gasteiger partial charge on any atom is 0.0813 e. The first kappa shape index (κ1) is 11.6. The van der Waals surface area contributed by atoms with Crippen molar-refractivity contribution in [2.45, 2.75) is 39.5 Å². The van der Waals surface area contributed by atoms with Gasteiger partial charge >= 0.3 is 0 Å². The third-order valence-corrected chi connectivity index (χ3v) is 3.00. The molecule has 1 aliphatic heterocycles. The average molecular weight is 222 g/mol. The van der Waals surface area contributed by atoms with Gasteiger partial charge in [0, 0.05) is 31.2 Å². The number of aromatic nitrogens is 2. The Balaban J connectivity index is 2.37. The minimum absolute atomic E-state index is 0.455. The summed E-state index contributed by atoms with van der Waals surface area (Å²) in [6, 6.07) is 0.455. The average Bonchev–Trinajstić information content (AvgIpc) is 2.64. The normalized spacial score (nSPS) is 16.4. The van der Waals surface area contributed by atoms with E-state index in [0.717, 1.165) is 19.6 Å². The quantitative estimate of drug-likeness (QED) is 0.774. The Morgan fingerprint density at radius 2 is 2.00 bits per heavy atom. The fourth-order valence-corrected chi connectivity index (χ4v) is 2.34. The van der Waals surface area contributed by atoms with E-state index in [1.165, 1.54) is 17.0 Å². The van der Waals surface area contributed by atoms with E-state index in [2.05, 4.69) is 49.5 Å². The first-order valence-corrected chi connectivity index (χ1v) is 5.91. The molecule has 0 bridgehead atoms. The Morgan fingerprint density at radius 1 is 1.31 bits per heavy atom. The number of hydrogen-bond donors (Lipinski definition) is 0. The van der Waals surface area contributed by atoms with Gasteiger partial charge in [0.2, 0.25) is 0 Å². The maximum absolute atomic E-state index is 4.75. The molecule has 2 rings (SSSR count). The van der Waals surface area contributed by atoms with Crippen LogP contribution in [-0.2, 0) is 19.6 Å². The largest absolute Gasteiger partial charge is 0.303 e. The Bertz CT molecular complexity index is 379. The van der Waals surface area contributed by atoms with Crippen LogP contribution in [0.25, 0.3) is 0 Å². The van der Waals surface area contributed by atoms with E-state index in [4.69, 9.17) is 5.10 Å². The van der Waals surface area contributed by atoms with E-state index >= 15 is 0 Å². The van der Waals surface area contributed by atoms with Crippen LogP contribution in [0.15, 0.2) is 0 Å². The Labute approximate surface area is 97.8 Å². The molecule has 0 saturated heterocycles. The zero-order valence-electron chi connectivity index (χ0n) is 11.0. The third kappa shape index (κ3) is 1.99. The number of fused-ring (bicyclic) bond motifs is 1. The molecule has 0 saturated carbocycles. The summed E-state index contributed by atoms with van der Waals surface area (Å²) >= 11 is 0. The topological polar surface area (TPSA) is 24.3 Å². The minimum atomic E-state index is 0.455. The van der Waals surface area contributed by atoms with Gasteiger partial charge in [-0.2, -0.15) is 5.10 Å². The molecule has 1 aromatic heterocycles. The molecule has 0 fully saturated rings. The van der Waals surface area contributed by atoms with E-state index in [9.17, 15) is 0 Å². The third-order valence-electron chi connectivity index (χ3n) is 3.00. The summed E-state index contributed by atoms with van der Waals surface area (Å²) in [5, 5.41) is 4.75. The van der Waals surface area contributed by atoms with Crippen molar-refractivity contribution in [2.75, 3.05) is 21.1 Å². The molecule has 0 aliphatic carbocycles. The molecule has 0 N–H and O–H groups in total. The SMILES string of the molecule is CC(C)n1nc(CN(C)C)c2c1CN(C)C2. The molecule has 0 amide bonds. The van der Waals surface area contributed by atoms with Crippen molar-refractivity contribution in [3.63, 3.8) is 0 Å². The Kier molecular flexibility index (Phi) is 3.04. The van der Waals surface area contributed by atoms with Gasteiger partial charge in [-0.3, -0.25) is 9.58 Å². The van der Waals surface area contributed by atoms with Gasteiger partial charge in [-0.25, -0.2) is 0 Å². The van der Waals surface area contributed by atoms with Gasteiger partial charge in [-0.15, -0.1) is 0 Å². The first-order valence-electron chi connectivity index (χ1n) is 5.91. The van der Waals surface area contributed by atoms with Crippen LogP contribution in [0.1, 0.15) is 36.8 Å². The highest BCUT2D eigenvalue weighted by molar-refractivity contribution is 5.30. The number of nitrogens with zero attached hydrogens (tertiary/aromatic N) is 4. The van der Waals surface area contributed by atoms with Crippen LogP contribution in [-0.4, -0.2) is 40.7 Å². The van der Waals surface area contributed by atoms with Gasteiger partial charge in [0.25, 0.3) is 0 Å². The summed E-state index contributed by atoms with van der Waals surface area (Å²) in [7, 11) is 6.36. The molecule has 0 unspecified atom stereocenters. The van der Waals surface area contributed by atoms with Crippen molar-refractivity contribution in [1.29, 1.82) is 0 Å². The van der Waals surface area contributed by atoms with Crippen LogP contribution in [0.4, 0.5) is 0 Å². The van der Waals surface area contributed by atoms with E-state index in [0.29, 0.717) is 6.04 Å². The molecule has 0 aromatic carbocycles. The molecular weight excluding hydrogens is 200 g/mol. The molecule has 90 valence electrons. The fraction of sp³-hybridized carbons (Fsp3) is 0.750. The highest BCUT2D eigenvalue weighted by atomic mass is 15.3. The molecule has 0 spiro atoms. The second-order valence-corrected chi connectivity index (χ2v) is 5.32. The summed E-state index contributed by atoms with van der Waals surface area (Å²) in [5.74, 6) is 0. The van der Waals surface area contributed by atoms with Crippen LogP contribution in [0, 0.1) is 0 Å². The molecule has 4 heteroatoms. The fourth-order valence-electron chi connectivity index (χ4n) is 2.34. The minimum Gasteiger partial charge on any atom is -0.303 e. The number of rotatable bonds is 3. The van der Waals surface area contributed by atoms with E-state index < -0.39 is 0 Å². The Morgan fingerprint density at radius 3 is 2.56 bits per heavy atom. The second-order valence-electron chi connectivity index (χ2n) is 5.32. The van der Waals surface area contributed by atoms with Crippen molar-refractivity contribution < 1.29 is 0 Å². The van der Waals surface area contributed by atoms with Gasteiger partial charge in [0.15, 0.2) is 0 Å². The van der Waals surface area contributed by atoms with Crippen molar-refractivity contribution >= 4 is 0 Å². The molecule has 1 aliphatic rings. The van der Waals surface area contributed by atoms with Gasteiger partial charge in [-0.05, 0) is 35.0 Å². The van der Waals surface area contributed by atoms with Gasteiger partial charge in [0.1, 0.15) is 0 Å². The second kappa shape index (κ2) is 4.18. The molecule has 2 heterocycles. The zero-order chi connectivity index (χ0) is 11.9. The van der Waals surface area contributed by atoms with E-state index in [1.807, 2.05) is 0 Å². The van der Waals surface area contributed by atoms with Crippen molar-refractivity contribution in [3.05, 3.63) is 17.0 Å². The highest BCUT2D eigenvalue weighted by Crippen LogP contribution is 2.27. The van der Waals surface area contributed by atoms with Crippen LogP contribution in [0.3, 0.4) is 0 Å².